The molecule has 2 aromatic rings. The zero-order valence-electron chi connectivity index (χ0n) is 10.6. The monoisotopic (exact) mass is 370 g/mol. The molecular formula is C13H15IN4O. The highest BCUT2D eigenvalue weighted by Crippen LogP contribution is 2.30. The van der Waals surface area contributed by atoms with Crippen LogP contribution in [0, 0.1) is 3.57 Å². The van der Waals surface area contributed by atoms with E-state index in [9.17, 15) is 0 Å². The molecule has 0 spiro atoms. The van der Waals surface area contributed by atoms with Crippen LogP contribution in [0.5, 0.6) is 11.6 Å². The molecule has 1 aromatic carbocycles. The molecule has 6 heteroatoms. The summed E-state index contributed by atoms with van der Waals surface area (Å²) in [7, 11) is 0. The van der Waals surface area contributed by atoms with Gasteiger partial charge >= 0.3 is 0 Å². The number of nitrogens with one attached hydrogen (secondary N) is 1. The highest BCUT2D eigenvalue weighted by molar-refractivity contribution is 14.1. The van der Waals surface area contributed by atoms with Crippen molar-refractivity contribution in [3.8, 4) is 11.6 Å². The molecule has 3 N–H and O–H groups in total. The van der Waals surface area contributed by atoms with Gasteiger partial charge in [-0.25, -0.2) is 15.8 Å². The molecule has 0 saturated heterocycles. The maximum absolute atomic E-state index is 5.88. The number of nitrogens with two attached hydrogens (primary N) is 1. The van der Waals surface area contributed by atoms with E-state index in [0.717, 1.165) is 27.7 Å². The number of hydrogen-bond acceptors (Lipinski definition) is 5. The quantitative estimate of drug-likeness (QED) is 0.481. The van der Waals surface area contributed by atoms with Gasteiger partial charge in [0.15, 0.2) is 0 Å². The SMILES string of the molecule is CCCc1c(NN)ncnc1Oc1ccccc1I. The summed E-state index contributed by atoms with van der Waals surface area (Å²) in [4.78, 5) is 8.32. The Morgan fingerprint density at radius 3 is 2.79 bits per heavy atom. The first-order valence-electron chi connectivity index (χ1n) is 5.99. The van der Waals surface area contributed by atoms with Crippen molar-refractivity contribution < 1.29 is 4.74 Å². The summed E-state index contributed by atoms with van der Waals surface area (Å²) in [5.41, 5.74) is 3.48. The van der Waals surface area contributed by atoms with Gasteiger partial charge in [0.2, 0.25) is 5.88 Å². The Hall–Kier alpha value is -1.41. The number of anilines is 1. The summed E-state index contributed by atoms with van der Waals surface area (Å²) in [5.74, 6) is 7.41. The lowest BCUT2D eigenvalue weighted by Crippen LogP contribution is -2.12. The van der Waals surface area contributed by atoms with E-state index in [-0.39, 0.29) is 0 Å². The Morgan fingerprint density at radius 2 is 2.11 bits per heavy atom. The van der Waals surface area contributed by atoms with Crippen LogP contribution in [0.4, 0.5) is 5.82 Å². The number of rotatable bonds is 5. The standard InChI is InChI=1S/C13H15IN4O/c1-2-5-9-12(18-15)16-8-17-13(9)19-11-7-4-3-6-10(11)14/h3-4,6-8H,2,5,15H2,1H3,(H,16,17,18). The fourth-order valence-corrected chi connectivity index (χ4v) is 2.21. The molecule has 1 aromatic heterocycles. The van der Waals surface area contributed by atoms with Crippen LogP contribution in [-0.2, 0) is 6.42 Å². The summed E-state index contributed by atoms with van der Waals surface area (Å²) < 4.78 is 6.91. The van der Waals surface area contributed by atoms with Crippen LogP contribution in [0.1, 0.15) is 18.9 Å². The van der Waals surface area contributed by atoms with Gasteiger partial charge in [-0.05, 0) is 41.1 Å². The average Bonchev–Trinajstić information content (AvgIpc) is 2.43. The number of aromatic nitrogens is 2. The first-order chi connectivity index (χ1) is 9.26. The van der Waals surface area contributed by atoms with Gasteiger partial charge in [-0.1, -0.05) is 25.5 Å². The molecule has 19 heavy (non-hydrogen) atoms. The molecule has 0 atom stereocenters. The van der Waals surface area contributed by atoms with E-state index in [1.807, 2.05) is 24.3 Å². The van der Waals surface area contributed by atoms with E-state index in [2.05, 4.69) is 44.9 Å². The van der Waals surface area contributed by atoms with E-state index in [4.69, 9.17) is 10.6 Å². The number of ether oxygens (including phenoxy) is 1. The molecule has 0 radical (unpaired) electrons. The van der Waals surface area contributed by atoms with Gasteiger partial charge in [-0.15, -0.1) is 0 Å². The minimum atomic E-state index is 0.550. The molecule has 0 amide bonds. The molecule has 0 saturated carbocycles. The van der Waals surface area contributed by atoms with E-state index < -0.39 is 0 Å². The topological polar surface area (TPSA) is 73.1 Å². The van der Waals surface area contributed by atoms with Gasteiger partial charge in [0.05, 0.1) is 9.13 Å². The van der Waals surface area contributed by atoms with Crippen molar-refractivity contribution in [1.82, 2.24) is 9.97 Å². The van der Waals surface area contributed by atoms with Crippen LogP contribution in [0.2, 0.25) is 0 Å². The van der Waals surface area contributed by atoms with Gasteiger partial charge < -0.3 is 10.2 Å². The fraction of sp³-hybridized carbons (Fsp3) is 0.231. The second-order valence-electron chi connectivity index (χ2n) is 3.93. The van der Waals surface area contributed by atoms with Crippen molar-refractivity contribution in [3.05, 3.63) is 39.7 Å². The molecule has 0 fully saturated rings. The van der Waals surface area contributed by atoms with Crippen LogP contribution in [0.25, 0.3) is 0 Å². The van der Waals surface area contributed by atoms with Gasteiger partial charge in [0, 0.05) is 0 Å². The second kappa shape index (κ2) is 6.67. The molecular weight excluding hydrogens is 355 g/mol. The molecule has 0 unspecified atom stereocenters. The molecule has 0 aliphatic carbocycles. The Kier molecular flexibility index (Phi) is 4.92. The number of hydrazine groups is 1. The van der Waals surface area contributed by atoms with Crippen LogP contribution in [-0.4, -0.2) is 9.97 Å². The van der Waals surface area contributed by atoms with Crippen molar-refractivity contribution >= 4 is 28.4 Å². The third kappa shape index (κ3) is 3.32. The molecule has 0 bridgehead atoms. The maximum Gasteiger partial charge on any atom is 0.227 e. The number of hydrogen-bond donors (Lipinski definition) is 2. The van der Waals surface area contributed by atoms with Gasteiger partial charge in [0.1, 0.15) is 17.9 Å². The predicted octanol–water partition coefficient (Wildman–Crippen LogP) is 3.11. The molecule has 100 valence electrons. The Labute approximate surface area is 125 Å². The van der Waals surface area contributed by atoms with E-state index >= 15 is 0 Å². The highest BCUT2D eigenvalue weighted by Gasteiger charge is 2.13. The Bertz CT molecular complexity index is 562. The van der Waals surface area contributed by atoms with E-state index in [1.165, 1.54) is 6.33 Å². The summed E-state index contributed by atoms with van der Waals surface area (Å²) in [6.07, 6.45) is 3.21. The average molecular weight is 370 g/mol. The van der Waals surface area contributed by atoms with Crippen molar-refractivity contribution in [2.45, 2.75) is 19.8 Å². The minimum absolute atomic E-state index is 0.550. The van der Waals surface area contributed by atoms with Crippen LogP contribution >= 0.6 is 22.6 Å². The van der Waals surface area contributed by atoms with Gasteiger partial charge in [-0.2, -0.15) is 0 Å². The second-order valence-corrected chi connectivity index (χ2v) is 5.09. The van der Waals surface area contributed by atoms with Gasteiger partial charge in [-0.3, -0.25) is 0 Å². The third-order valence-corrected chi connectivity index (χ3v) is 3.48. The molecule has 1 heterocycles. The zero-order valence-corrected chi connectivity index (χ0v) is 12.7. The summed E-state index contributed by atoms with van der Waals surface area (Å²) in [6.45, 7) is 2.09. The van der Waals surface area contributed by atoms with Crippen molar-refractivity contribution in [2.75, 3.05) is 5.43 Å². The smallest absolute Gasteiger partial charge is 0.227 e. The maximum atomic E-state index is 5.88. The lowest BCUT2D eigenvalue weighted by atomic mass is 10.2. The Balaban J connectivity index is 2.37. The van der Waals surface area contributed by atoms with E-state index in [1.54, 1.807) is 0 Å². The molecule has 0 aliphatic rings. The largest absolute Gasteiger partial charge is 0.437 e. The number of para-hydroxylation sites is 1. The van der Waals surface area contributed by atoms with Crippen molar-refractivity contribution in [2.24, 2.45) is 5.84 Å². The number of nitrogen functional groups attached to an aromatic ring is 1. The third-order valence-electron chi connectivity index (χ3n) is 2.59. The van der Waals surface area contributed by atoms with Crippen LogP contribution in [0.15, 0.2) is 30.6 Å². The number of nitrogens with zero attached hydrogens (tertiary/aromatic N) is 2. The number of benzene rings is 1. The summed E-state index contributed by atoms with van der Waals surface area (Å²) in [5, 5.41) is 0. The molecule has 0 aliphatic heterocycles. The minimum Gasteiger partial charge on any atom is -0.437 e. The predicted molar refractivity (Wildman–Crippen MR) is 83.1 cm³/mol. The summed E-state index contributed by atoms with van der Waals surface area (Å²) >= 11 is 2.23. The van der Waals surface area contributed by atoms with E-state index in [0.29, 0.717) is 11.7 Å². The molecule has 5 nitrogen and oxygen atoms in total. The number of halogens is 1. The first-order valence-corrected chi connectivity index (χ1v) is 7.07. The van der Waals surface area contributed by atoms with Crippen molar-refractivity contribution in [3.63, 3.8) is 0 Å². The fourth-order valence-electron chi connectivity index (χ4n) is 1.72. The molecule has 2 rings (SSSR count). The van der Waals surface area contributed by atoms with Gasteiger partial charge in [0.25, 0.3) is 0 Å². The van der Waals surface area contributed by atoms with Crippen LogP contribution in [0.3, 0.4) is 0 Å². The lowest BCUT2D eigenvalue weighted by Gasteiger charge is -2.13. The first kappa shape index (κ1) is 14.0. The zero-order chi connectivity index (χ0) is 13.7. The van der Waals surface area contributed by atoms with Crippen molar-refractivity contribution in [1.29, 1.82) is 0 Å². The Morgan fingerprint density at radius 1 is 1.32 bits per heavy atom. The summed E-state index contributed by atoms with van der Waals surface area (Å²) in [6, 6.07) is 7.79. The highest BCUT2D eigenvalue weighted by atomic mass is 127. The van der Waals surface area contributed by atoms with Crippen LogP contribution < -0.4 is 16.0 Å². The normalized spacial score (nSPS) is 10.3. The lowest BCUT2D eigenvalue weighted by molar-refractivity contribution is 0.451.